The van der Waals surface area contributed by atoms with E-state index in [1.807, 2.05) is 13.8 Å². The molecule has 112 valence electrons. The third-order valence-corrected chi connectivity index (χ3v) is 3.02. The molecule has 20 heavy (non-hydrogen) atoms. The third-order valence-electron chi connectivity index (χ3n) is 3.02. The fourth-order valence-electron chi connectivity index (χ4n) is 1.90. The van der Waals surface area contributed by atoms with Crippen molar-refractivity contribution in [1.29, 1.82) is 0 Å². The lowest BCUT2D eigenvalue weighted by Gasteiger charge is -2.15. The summed E-state index contributed by atoms with van der Waals surface area (Å²) in [5.74, 6) is -0.314. The summed E-state index contributed by atoms with van der Waals surface area (Å²) in [4.78, 5) is 11.1. The summed E-state index contributed by atoms with van der Waals surface area (Å²) < 4.78 is 5.30. The van der Waals surface area contributed by atoms with Gasteiger partial charge in [-0.3, -0.25) is 4.79 Å². The number of aromatic hydroxyl groups is 1. The van der Waals surface area contributed by atoms with Crippen LogP contribution in [0.15, 0.2) is 18.2 Å². The van der Waals surface area contributed by atoms with Gasteiger partial charge in [-0.05, 0) is 31.0 Å². The molecule has 0 bridgehead atoms. The van der Waals surface area contributed by atoms with E-state index < -0.39 is 12.0 Å². The average molecular weight is 281 g/mol. The van der Waals surface area contributed by atoms with E-state index in [4.69, 9.17) is 9.84 Å². The Bertz CT molecular complexity index is 434. The van der Waals surface area contributed by atoms with Gasteiger partial charge < -0.3 is 20.3 Å². The normalized spacial score (nSPS) is 12.1. The van der Waals surface area contributed by atoms with Crippen LogP contribution in [0.1, 0.15) is 38.7 Å². The molecular formula is C15H23NO4. The summed E-state index contributed by atoms with van der Waals surface area (Å²) >= 11 is 0. The van der Waals surface area contributed by atoms with Crippen molar-refractivity contribution in [1.82, 2.24) is 5.32 Å². The van der Waals surface area contributed by atoms with Crippen LogP contribution in [-0.2, 0) is 11.3 Å². The van der Waals surface area contributed by atoms with E-state index in [1.165, 1.54) is 0 Å². The Hall–Kier alpha value is -1.75. The molecule has 0 aliphatic heterocycles. The first-order valence-electron chi connectivity index (χ1n) is 6.99. The lowest BCUT2D eigenvalue weighted by Crippen LogP contribution is -2.36. The van der Waals surface area contributed by atoms with Crippen LogP contribution in [0.3, 0.4) is 0 Å². The number of unbranched alkanes of at least 4 members (excludes halogenated alkanes) is 1. The van der Waals surface area contributed by atoms with E-state index in [2.05, 4.69) is 5.32 Å². The molecule has 3 N–H and O–H groups in total. The standard InChI is InChI=1S/C15H23NO4/c1-3-5-6-12(15(18)19)16-10-11-7-8-13(17)14(9-11)20-4-2/h7-9,12,16-17H,3-6,10H2,1-2H3,(H,18,19). The minimum absolute atomic E-state index is 0.0939. The number of nitrogens with one attached hydrogen (secondary N) is 1. The highest BCUT2D eigenvalue weighted by atomic mass is 16.5. The SMILES string of the molecule is CCCCC(NCc1ccc(O)c(OCC)c1)C(=O)O. The Kier molecular flexibility index (Phi) is 6.87. The van der Waals surface area contributed by atoms with Crippen molar-refractivity contribution in [2.75, 3.05) is 6.61 Å². The first-order chi connectivity index (χ1) is 9.58. The van der Waals surface area contributed by atoms with Crippen LogP contribution in [0.5, 0.6) is 11.5 Å². The Balaban J connectivity index is 2.63. The molecule has 0 saturated heterocycles. The molecule has 5 nitrogen and oxygen atoms in total. The summed E-state index contributed by atoms with van der Waals surface area (Å²) in [5.41, 5.74) is 0.883. The molecular weight excluding hydrogens is 258 g/mol. The average Bonchev–Trinajstić information content (AvgIpc) is 2.42. The predicted molar refractivity (Wildman–Crippen MR) is 77.1 cm³/mol. The lowest BCUT2D eigenvalue weighted by atomic mass is 10.1. The van der Waals surface area contributed by atoms with Crippen molar-refractivity contribution in [2.45, 2.75) is 45.7 Å². The Labute approximate surface area is 119 Å². The molecule has 1 rings (SSSR count). The van der Waals surface area contributed by atoms with Crippen molar-refractivity contribution < 1.29 is 19.7 Å². The van der Waals surface area contributed by atoms with Crippen LogP contribution in [-0.4, -0.2) is 28.8 Å². The zero-order valence-corrected chi connectivity index (χ0v) is 12.1. The number of phenolic OH excluding ortho intramolecular Hbond substituents is 1. The lowest BCUT2D eigenvalue weighted by molar-refractivity contribution is -0.139. The van der Waals surface area contributed by atoms with E-state index in [0.29, 0.717) is 25.3 Å². The summed E-state index contributed by atoms with van der Waals surface area (Å²) in [5, 5.41) is 21.8. The molecule has 0 saturated carbocycles. The quantitative estimate of drug-likeness (QED) is 0.648. The molecule has 0 spiro atoms. The second-order valence-electron chi connectivity index (χ2n) is 4.65. The number of aliphatic carboxylic acids is 1. The van der Waals surface area contributed by atoms with Crippen LogP contribution >= 0.6 is 0 Å². The van der Waals surface area contributed by atoms with Crippen LogP contribution in [0.2, 0.25) is 0 Å². The van der Waals surface area contributed by atoms with Gasteiger partial charge in [0, 0.05) is 6.54 Å². The number of carboxylic acid groups (broad SMARTS) is 1. The Morgan fingerprint density at radius 1 is 1.40 bits per heavy atom. The number of hydrogen-bond donors (Lipinski definition) is 3. The van der Waals surface area contributed by atoms with Gasteiger partial charge in [-0.2, -0.15) is 0 Å². The number of rotatable bonds is 9. The van der Waals surface area contributed by atoms with Crippen LogP contribution in [0, 0.1) is 0 Å². The van der Waals surface area contributed by atoms with Crippen molar-refractivity contribution in [3.8, 4) is 11.5 Å². The molecule has 1 atom stereocenters. The van der Waals surface area contributed by atoms with Gasteiger partial charge in [0.25, 0.3) is 0 Å². The van der Waals surface area contributed by atoms with Gasteiger partial charge in [-0.15, -0.1) is 0 Å². The number of hydrogen-bond acceptors (Lipinski definition) is 4. The second-order valence-corrected chi connectivity index (χ2v) is 4.65. The number of ether oxygens (including phenoxy) is 1. The fourth-order valence-corrected chi connectivity index (χ4v) is 1.90. The van der Waals surface area contributed by atoms with Gasteiger partial charge in [0.05, 0.1) is 6.61 Å². The highest BCUT2D eigenvalue weighted by molar-refractivity contribution is 5.73. The van der Waals surface area contributed by atoms with E-state index in [0.717, 1.165) is 18.4 Å². The van der Waals surface area contributed by atoms with E-state index in [-0.39, 0.29) is 5.75 Å². The maximum absolute atomic E-state index is 11.1. The van der Waals surface area contributed by atoms with E-state index in [9.17, 15) is 9.90 Å². The Morgan fingerprint density at radius 2 is 2.15 bits per heavy atom. The molecule has 0 heterocycles. The smallest absolute Gasteiger partial charge is 0.320 e. The molecule has 1 aromatic carbocycles. The minimum Gasteiger partial charge on any atom is -0.504 e. The highest BCUT2D eigenvalue weighted by Crippen LogP contribution is 2.26. The van der Waals surface area contributed by atoms with Crippen LogP contribution in [0.25, 0.3) is 0 Å². The topological polar surface area (TPSA) is 78.8 Å². The fraction of sp³-hybridized carbons (Fsp3) is 0.533. The highest BCUT2D eigenvalue weighted by Gasteiger charge is 2.16. The molecule has 0 aliphatic carbocycles. The van der Waals surface area contributed by atoms with E-state index in [1.54, 1.807) is 18.2 Å². The molecule has 0 aromatic heterocycles. The summed E-state index contributed by atoms with van der Waals surface area (Å²) in [6.45, 7) is 4.78. The molecule has 0 amide bonds. The van der Waals surface area contributed by atoms with Crippen molar-refractivity contribution >= 4 is 5.97 Å². The number of phenols is 1. The summed E-state index contributed by atoms with van der Waals surface area (Å²) in [7, 11) is 0. The number of benzene rings is 1. The molecule has 0 aliphatic rings. The van der Waals surface area contributed by atoms with E-state index >= 15 is 0 Å². The Morgan fingerprint density at radius 3 is 2.75 bits per heavy atom. The number of carbonyl (C=O) groups is 1. The number of carboxylic acids is 1. The van der Waals surface area contributed by atoms with Gasteiger partial charge in [-0.1, -0.05) is 25.8 Å². The summed E-state index contributed by atoms with van der Waals surface area (Å²) in [6, 6.07) is 4.50. The molecule has 1 aromatic rings. The minimum atomic E-state index is -0.831. The van der Waals surface area contributed by atoms with Crippen molar-refractivity contribution in [3.05, 3.63) is 23.8 Å². The van der Waals surface area contributed by atoms with Crippen LogP contribution in [0.4, 0.5) is 0 Å². The second kappa shape index (κ2) is 8.43. The first-order valence-corrected chi connectivity index (χ1v) is 6.99. The van der Waals surface area contributed by atoms with Crippen molar-refractivity contribution in [3.63, 3.8) is 0 Å². The van der Waals surface area contributed by atoms with Gasteiger partial charge in [0.15, 0.2) is 11.5 Å². The zero-order chi connectivity index (χ0) is 15.0. The largest absolute Gasteiger partial charge is 0.504 e. The third kappa shape index (κ3) is 5.09. The summed E-state index contributed by atoms with van der Waals surface area (Å²) in [6.07, 6.45) is 2.46. The zero-order valence-electron chi connectivity index (χ0n) is 12.1. The van der Waals surface area contributed by atoms with Gasteiger partial charge in [-0.25, -0.2) is 0 Å². The monoisotopic (exact) mass is 281 g/mol. The van der Waals surface area contributed by atoms with Crippen molar-refractivity contribution in [2.24, 2.45) is 0 Å². The molecule has 5 heteroatoms. The molecule has 0 fully saturated rings. The van der Waals surface area contributed by atoms with Crippen LogP contribution < -0.4 is 10.1 Å². The molecule has 1 unspecified atom stereocenters. The first kappa shape index (κ1) is 16.3. The maximum atomic E-state index is 11.1. The van der Waals surface area contributed by atoms with Gasteiger partial charge in [0.2, 0.25) is 0 Å². The predicted octanol–water partition coefficient (Wildman–Crippen LogP) is 2.52. The molecule has 0 radical (unpaired) electrons. The maximum Gasteiger partial charge on any atom is 0.320 e. The van der Waals surface area contributed by atoms with Gasteiger partial charge in [0.1, 0.15) is 6.04 Å². The van der Waals surface area contributed by atoms with Gasteiger partial charge >= 0.3 is 5.97 Å².